The number of hydrazine groups is 1. The Bertz CT molecular complexity index is 846. The molecule has 0 saturated carbocycles. The van der Waals surface area contributed by atoms with E-state index in [4.69, 9.17) is 16.8 Å². The minimum absolute atomic E-state index is 0.0946. The molecule has 1 aromatic rings. The van der Waals surface area contributed by atoms with Gasteiger partial charge in [0.05, 0.1) is 17.0 Å². The number of carbonyl (C=O) groups is 2. The molecule has 9 heteroatoms. The minimum atomic E-state index is -1.03. The van der Waals surface area contributed by atoms with E-state index in [1.807, 2.05) is 19.1 Å². The van der Waals surface area contributed by atoms with E-state index in [9.17, 15) is 9.59 Å². The van der Waals surface area contributed by atoms with Gasteiger partial charge >= 0.3 is 5.97 Å². The number of benzene rings is 1. The zero-order valence-electron chi connectivity index (χ0n) is 15.5. The molecule has 0 saturated heterocycles. The molecule has 0 unspecified atom stereocenters. The molecule has 0 aliphatic carbocycles. The maximum Gasteiger partial charge on any atom is 0.335 e. The van der Waals surface area contributed by atoms with Crippen molar-refractivity contribution in [1.82, 2.24) is 4.90 Å². The molecule has 0 spiro atoms. The first-order chi connectivity index (χ1) is 13.4. The number of nitrogens with zero attached hydrogens (tertiary/aromatic N) is 3. The predicted octanol–water partition coefficient (Wildman–Crippen LogP) is 2.28. The molecule has 0 fully saturated rings. The quantitative estimate of drug-likeness (QED) is 0.289. The van der Waals surface area contributed by atoms with E-state index in [1.165, 1.54) is 17.1 Å². The lowest BCUT2D eigenvalue weighted by Gasteiger charge is -2.21. The number of carboxylic acids is 1. The van der Waals surface area contributed by atoms with Crippen molar-refractivity contribution in [3.8, 4) is 0 Å². The van der Waals surface area contributed by atoms with Gasteiger partial charge in [-0.1, -0.05) is 30.5 Å². The van der Waals surface area contributed by atoms with Gasteiger partial charge in [-0.05, 0) is 49.3 Å². The molecule has 0 bridgehead atoms. The average molecular weight is 401 g/mol. The highest BCUT2D eigenvalue weighted by Crippen LogP contribution is 2.26. The number of rotatable bonds is 6. The first-order valence-electron chi connectivity index (χ1n) is 8.50. The lowest BCUT2D eigenvalue weighted by Crippen LogP contribution is -2.38. The number of carboxylic acid groups (broad SMARTS) is 1. The fraction of sp³-hybridized carbons (Fsp3) is 0.211. The molecule has 5 N–H and O–H groups in total. The third-order valence-electron chi connectivity index (χ3n) is 4.12. The Kier molecular flexibility index (Phi) is 7.42. The summed E-state index contributed by atoms with van der Waals surface area (Å²) >= 11 is 1.10. The van der Waals surface area contributed by atoms with Crippen LogP contribution in [0.25, 0.3) is 0 Å². The third-order valence-corrected chi connectivity index (χ3v) is 5.07. The van der Waals surface area contributed by atoms with Crippen LogP contribution in [0.1, 0.15) is 23.7 Å². The van der Waals surface area contributed by atoms with Gasteiger partial charge in [0, 0.05) is 12.2 Å². The molecular formula is C19H23N5O3S. The van der Waals surface area contributed by atoms with Crippen LogP contribution in [0.15, 0.2) is 65.4 Å². The summed E-state index contributed by atoms with van der Waals surface area (Å²) in [7, 11) is 0. The van der Waals surface area contributed by atoms with Crippen molar-refractivity contribution in [3.05, 3.63) is 65.9 Å². The number of nitrogens with two attached hydrogens (primary N) is 2. The number of carbonyl (C=O) groups excluding carboxylic acids is 1. The zero-order valence-corrected chi connectivity index (χ0v) is 16.4. The van der Waals surface area contributed by atoms with Gasteiger partial charge < -0.3 is 15.8 Å². The van der Waals surface area contributed by atoms with Crippen molar-refractivity contribution in [2.45, 2.75) is 13.3 Å². The average Bonchev–Trinajstić information content (AvgIpc) is 3.11. The van der Waals surface area contributed by atoms with Crippen LogP contribution in [0, 0.1) is 0 Å². The maximum atomic E-state index is 12.6. The predicted molar refractivity (Wildman–Crippen MR) is 113 cm³/mol. The smallest absolute Gasteiger partial charge is 0.335 e. The summed E-state index contributed by atoms with van der Waals surface area (Å²) in [6.45, 7) is 6.32. The van der Waals surface area contributed by atoms with Crippen LogP contribution in [0.2, 0.25) is 0 Å². The summed E-state index contributed by atoms with van der Waals surface area (Å²) < 4.78 is 0. The SMILES string of the molecule is C=CC1=C(/C=C\C)CCN1C(=O)CS/C(=N/N)N(N)c1ccc(C(=O)O)cc1. The Morgan fingerprint density at radius 1 is 1.39 bits per heavy atom. The first-order valence-corrected chi connectivity index (χ1v) is 9.49. The topological polar surface area (TPSA) is 125 Å². The number of allylic oxidation sites excluding steroid dienone is 3. The minimum Gasteiger partial charge on any atom is -0.478 e. The summed E-state index contributed by atoms with van der Waals surface area (Å²) in [5.41, 5.74) is 2.52. The Hall–Kier alpha value is -3.04. The summed E-state index contributed by atoms with van der Waals surface area (Å²) in [6.07, 6.45) is 6.37. The van der Waals surface area contributed by atoms with Crippen molar-refractivity contribution in [3.63, 3.8) is 0 Å². The molecule has 1 amide bonds. The fourth-order valence-electron chi connectivity index (χ4n) is 2.77. The molecular weight excluding hydrogens is 378 g/mol. The van der Waals surface area contributed by atoms with Crippen LogP contribution >= 0.6 is 11.8 Å². The zero-order chi connectivity index (χ0) is 20.7. The second-order valence-corrected chi connectivity index (χ2v) is 6.77. The highest BCUT2D eigenvalue weighted by atomic mass is 32.2. The molecule has 148 valence electrons. The molecule has 1 aromatic carbocycles. The van der Waals surface area contributed by atoms with E-state index in [0.29, 0.717) is 12.2 Å². The largest absolute Gasteiger partial charge is 0.478 e. The molecule has 0 aromatic heterocycles. The third kappa shape index (κ3) is 4.81. The lowest BCUT2D eigenvalue weighted by molar-refractivity contribution is -0.125. The molecule has 28 heavy (non-hydrogen) atoms. The fourth-order valence-corrected chi connectivity index (χ4v) is 3.50. The van der Waals surface area contributed by atoms with Crippen LogP contribution in [0.3, 0.4) is 0 Å². The van der Waals surface area contributed by atoms with Crippen molar-refractivity contribution in [2.24, 2.45) is 16.8 Å². The normalized spacial score (nSPS) is 14.6. The number of anilines is 1. The van der Waals surface area contributed by atoms with E-state index in [1.54, 1.807) is 23.1 Å². The Labute approximate surface area is 167 Å². The van der Waals surface area contributed by atoms with Gasteiger partial charge in [0.1, 0.15) is 0 Å². The van der Waals surface area contributed by atoms with E-state index in [2.05, 4.69) is 11.7 Å². The van der Waals surface area contributed by atoms with Gasteiger partial charge in [0.15, 0.2) is 0 Å². The van der Waals surface area contributed by atoms with E-state index in [0.717, 1.165) is 29.5 Å². The second-order valence-electron chi connectivity index (χ2n) is 5.83. The van der Waals surface area contributed by atoms with Gasteiger partial charge in [0.2, 0.25) is 11.1 Å². The molecule has 1 aliphatic rings. The maximum absolute atomic E-state index is 12.6. The number of amidine groups is 1. The Morgan fingerprint density at radius 2 is 2.07 bits per heavy atom. The van der Waals surface area contributed by atoms with Crippen LogP contribution in [0.4, 0.5) is 5.69 Å². The summed E-state index contributed by atoms with van der Waals surface area (Å²) in [6, 6.07) is 5.93. The Balaban J connectivity index is 2.04. The number of hydrogen-bond acceptors (Lipinski definition) is 6. The van der Waals surface area contributed by atoms with Gasteiger partial charge in [-0.25, -0.2) is 10.6 Å². The first kappa shape index (κ1) is 21.3. The van der Waals surface area contributed by atoms with Crippen LogP contribution in [-0.2, 0) is 4.79 Å². The van der Waals surface area contributed by atoms with Gasteiger partial charge in [-0.15, -0.1) is 0 Å². The summed E-state index contributed by atoms with van der Waals surface area (Å²) in [4.78, 5) is 25.3. The monoisotopic (exact) mass is 401 g/mol. The molecule has 0 atom stereocenters. The number of hydrogen-bond donors (Lipinski definition) is 3. The van der Waals surface area contributed by atoms with Crippen molar-refractivity contribution < 1.29 is 14.7 Å². The van der Waals surface area contributed by atoms with E-state index >= 15 is 0 Å². The Morgan fingerprint density at radius 3 is 2.61 bits per heavy atom. The second kappa shape index (κ2) is 9.77. The van der Waals surface area contributed by atoms with Crippen LogP contribution < -0.4 is 16.7 Å². The number of thioether (sulfide) groups is 1. The summed E-state index contributed by atoms with van der Waals surface area (Å²) in [5, 5.41) is 14.1. The molecule has 1 aliphatic heterocycles. The van der Waals surface area contributed by atoms with Crippen LogP contribution in [0.5, 0.6) is 0 Å². The molecule has 1 heterocycles. The number of aromatic carboxylic acids is 1. The molecule has 8 nitrogen and oxygen atoms in total. The highest BCUT2D eigenvalue weighted by molar-refractivity contribution is 8.14. The number of amides is 1. The standard InChI is InChI=1S/C19H23N5O3S/c1-3-5-13-10-11-23(16(13)4-2)17(25)12-28-19(22-20)24(21)15-8-6-14(7-9-15)18(26)27/h3-9H,2,10-12,20-21H2,1H3,(H,26,27)/b5-3-,22-19+. The lowest BCUT2D eigenvalue weighted by atomic mass is 10.2. The highest BCUT2D eigenvalue weighted by Gasteiger charge is 2.25. The van der Waals surface area contributed by atoms with E-state index in [-0.39, 0.29) is 22.4 Å². The number of hydrazone groups is 1. The molecule has 0 radical (unpaired) electrons. The summed E-state index contributed by atoms with van der Waals surface area (Å²) in [5.74, 6) is 10.4. The molecule has 2 rings (SSSR count). The van der Waals surface area contributed by atoms with Crippen molar-refractivity contribution in [1.29, 1.82) is 0 Å². The van der Waals surface area contributed by atoms with Crippen molar-refractivity contribution >= 4 is 34.5 Å². The van der Waals surface area contributed by atoms with Gasteiger partial charge in [0.25, 0.3) is 0 Å². The van der Waals surface area contributed by atoms with Crippen LogP contribution in [-0.4, -0.2) is 39.3 Å². The van der Waals surface area contributed by atoms with E-state index < -0.39 is 5.97 Å². The van der Waals surface area contributed by atoms with Crippen molar-refractivity contribution in [2.75, 3.05) is 17.3 Å². The van der Waals surface area contributed by atoms with Gasteiger partial charge in [-0.2, -0.15) is 5.10 Å². The van der Waals surface area contributed by atoms with Gasteiger partial charge in [-0.3, -0.25) is 9.80 Å².